The van der Waals surface area contributed by atoms with Crippen molar-refractivity contribution in [2.45, 2.75) is 50.1 Å². The molecule has 1 unspecified atom stereocenters. The van der Waals surface area contributed by atoms with Crippen LogP contribution in [0, 0.1) is 5.92 Å². The molecule has 12 nitrogen and oxygen atoms in total. The number of H-pyrrole nitrogens is 1. The zero-order chi connectivity index (χ0) is 41.7. The molecule has 0 saturated carbocycles. The van der Waals surface area contributed by atoms with E-state index in [0.29, 0.717) is 51.4 Å². The molecule has 0 aliphatic carbocycles. The Kier molecular flexibility index (Phi) is 13.7. The number of hydrogen-bond acceptors (Lipinski definition) is 11. The Balaban J connectivity index is 1.26. The highest BCUT2D eigenvalue weighted by Crippen LogP contribution is 2.60. The Bertz CT molecular complexity index is 2430. The Morgan fingerprint density at radius 1 is 1.00 bits per heavy atom. The molecule has 17 heteroatoms. The first-order valence-corrected chi connectivity index (χ1v) is 23.9. The number of imidazole rings is 1. The molecule has 0 radical (unpaired) electrons. The summed E-state index contributed by atoms with van der Waals surface area (Å²) < 4.78 is 33.3. The highest BCUT2D eigenvalue weighted by Gasteiger charge is 2.44. The maximum atomic E-state index is 13.1. The smallest absolute Gasteiger partial charge is 0.280 e. The molecule has 1 aliphatic rings. The van der Waals surface area contributed by atoms with Crippen LogP contribution < -0.4 is 20.3 Å². The summed E-state index contributed by atoms with van der Waals surface area (Å²) in [5.41, 5.74) is -1.33. The molecule has 6 aromatic rings. The van der Waals surface area contributed by atoms with E-state index in [1.54, 1.807) is 37.0 Å². The van der Waals surface area contributed by atoms with Crippen LogP contribution >= 0.6 is 40.3 Å². The molecule has 3 heterocycles. The molecule has 0 spiro atoms. The van der Waals surface area contributed by atoms with Crippen LogP contribution in [0.2, 0.25) is 10.0 Å². The van der Waals surface area contributed by atoms with E-state index in [-0.39, 0.29) is 24.1 Å². The number of aromatic amines is 1. The van der Waals surface area contributed by atoms with Crippen LogP contribution in [-0.4, -0.2) is 64.0 Å². The number of halogens is 2. The number of ether oxygens (including phenoxy) is 4. The van der Waals surface area contributed by atoms with Gasteiger partial charge in [-0.25, -0.2) is 4.98 Å². The third-order valence-electron chi connectivity index (χ3n) is 9.91. The first-order valence-electron chi connectivity index (χ1n) is 18.8. The van der Waals surface area contributed by atoms with Crippen molar-refractivity contribution in [3.05, 3.63) is 146 Å². The molecular weight excluding hydrogens is 853 g/mol. The number of benzene rings is 4. The minimum atomic E-state index is -3.53. The number of nitrogens with zero attached hydrogens (tertiary/aromatic N) is 3. The lowest BCUT2D eigenvalue weighted by Crippen LogP contribution is -2.38. The zero-order valence-corrected chi connectivity index (χ0v) is 36.8. The fourth-order valence-electron chi connectivity index (χ4n) is 6.93. The topological polar surface area (TPSA) is 142 Å². The average molecular weight is 897 g/mol. The highest BCUT2D eigenvalue weighted by molar-refractivity contribution is 8.67. The average Bonchev–Trinajstić information content (AvgIpc) is 3.84. The lowest BCUT2D eigenvalue weighted by molar-refractivity contribution is -0.0898. The molecule has 2 aromatic heterocycles. The van der Waals surface area contributed by atoms with Gasteiger partial charge in [0.25, 0.3) is 5.56 Å². The summed E-state index contributed by atoms with van der Waals surface area (Å²) in [5, 5.41) is 4.16. The van der Waals surface area contributed by atoms with Crippen molar-refractivity contribution in [2.24, 2.45) is 5.92 Å². The molecule has 7 rings (SSSR count). The fourth-order valence-corrected chi connectivity index (χ4v) is 10.9. The first-order chi connectivity index (χ1) is 28.4. The van der Waals surface area contributed by atoms with Gasteiger partial charge in [-0.3, -0.25) is 14.3 Å². The second kappa shape index (κ2) is 18.8. The van der Waals surface area contributed by atoms with Crippen molar-refractivity contribution in [3.8, 4) is 11.5 Å². The van der Waals surface area contributed by atoms with Crippen LogP contribution in [0.15, 0.2) is 108 Å². The van der Waals surface area contributed by atoms with Gasteiger partial charge in [0.2, 0.25) is 11.6 Å². The number of hydrogen-bond donors (Lipinski definition) is 3. The van der Waals surface area contributed by atoms with Gasteiger partial charge in [0.15, 0.2) is 11.2 Å². The maximum Gasteiger partial charge on any atom is 0.280 e. The standard InChI is InChI=1S/C42H44Cl2N5O7PS2/c1-26(2)22-45-41-47-39-38(40(50)48-41)46-25-49(39)37-21-35(56-57(51,58)59-24-27-10-15-31(43)20-34(27)44)36(55-37)23-54-42(28-8-6-5-7-9-28,29-11-16-32(52-3)17-12-29)30-13-18-33(53-4)19-14-30/h5-20,25-26,35-37H,21-24H2,1-4H3,(H,51,58)(H2,45,47,48,50)/t35-,36+,37+,57?/m0/s1. The summed E-state index contributed by atoms with van der Waals surface area (Å²) in [5.74, 6) is 2.30. The van der Waals surface area contributed by atoms with Gasteiger partial charge in [-0.15, -0.1) is 0 Å². The minimum absolute atomic E-state index is 0.0149. The summed E-state index contributed by atoms with van der Waals surface area (Å²) in [7, 11) is 3.24. The highest BCUT2D eigenvalue weighted by atomic mass is 35.5. The van der Waals surface area contributed by atoms with Crippen LogP contribution in [0.3, 0.4) is 0 Å². The van der Waals surface area contributed by atoms with E-state index in [0.717, 1.165) is 33.6 Å². The molecule has 0 bridgehead atoms. The molecular formula is C42H44Cl2N5O7PS2. The minimum Gasteiger partial charge on any atom is -0.497 e. The van der Waals surface area contributed by atoms with Crippen molar-refractivity contribution in [2.75, 3.05) is 32.7 Å². The summed E-state index contributed by atoms with van der Waals surface area (Å²) in [6.07, 6.45) is -0.495. The lowest BCUT2D eigenvalue weighted by Gasteiger charge is -2.37. The third-order valence-corrected chi connectivity index (χ3v) is 14.6. The molecule has 59 heavy (non-hydrogen) atoms. The van der Waals surface area contributed by atoms with Crippen LogP contribution in [0.1, 0.15) is 48.8 Å². The summed E-state index contributed by atoms with van der Waals surface area (Å²) in [6.45, 7) is 4.70. The number of methoxy groups -OCH3 is 2. The monoisotopic (exact) mass is 895 g/mol. The second-order valence-electron chi connectivity index (χ2n) is 14.3. The Morgan fingerprint density at radius 3 is 2.25 bits per heavy atom. The van der Waals surface area contributed by atoms with Crippen molar-refractivity contribution in [1.29, 1.82) is 0 Å². The van der Waals surface area contributed by atoms with Crippen molar-refractivity contribution >= 4 is 69.2 Å². The summed E-state index contributed by atoms with van der Waals surface area (Å²) >= 11 is 19.5. The number of aromatic nitrogens is 4. The number of rotatable bonds is 17. The molecule has 1 fully saturated rings. The van der Waals surface area contributed by atoms with E-state index >= 15 is 0 Å². The van der Waals surface area contributed by atoms with Gasteiger partial charge < -0.3 is 33.7 Å². The molecule has 1 saturated heterocycles. The second-order valence-corrected chi connectivity index (χ2v) is 21.3. The van der Waals surface area contributed by atoms with E-state index in [4.69, 9.17) is 63.5 Å². The van der Waals surface area contributed by atoms with E-state index in [2.05, 4.69) is 29.1 Å². The Labute approximate surface area is 361 Å². The van der Waals surface area contributed by atoms with Crippen molar-refractivity contribution < 1.29 is 28.4 Å². The maximum absolute atomic E-state index is 13.1. The molecule has 4 aromatic carbocycles. The van der Waals surface area contributed by atoms with E-state index in [9.17, 15) is 9.69 Å². The van der Waals surface area contributed by atoms with Crippen LogP contribution in [0.4, 0.5) is 5.95 Å². The molecule has 0 amide bonds. The largest absolute Gasteiger partial charge is 0.497 e. The SMILES string of the molecule is COc1ccc(C(OC[C@H]2O[C@@H](n3cnc4c(=O)[nH]c(NCC(C)C)nc43)C[C@@H]2OP(O)(=S)SCc2ccc(Cl)cc2Cl)(c2ccccc2)c2ccc(OC)cc2)cc1. The van der Waals surface area contributed by atoms with Gasteiger partial charge in [-0.05, 0) is 76.4 Å². The van der Waals surface area contributed by atoms with Gasteiger partial charge in [-0.2, -0.15) is 4.98 Å². The molecule has 1 aliphatic heterocycles. The van der Waals surface area contributed by atoms with Crippen molar-refractivity contribution in [1.82, 2.24) is 19.5 Å². The predicted octanol–water partition coefficient (Wildman–Crippen LogP) is 9.34. The van der Waals surface area contributed by atoms with Gasteiger partial charge in [0.05, 0.1) is 33.3 Å². The number of fused-ring (bicyclic) bond motifs is 1. The van der Waals surface area contributed by atoms with Crippen LogP contribution in [-0.2, 0) is 37.2 Å². The molecule has 310 valence electrons. The van der Waals surface area contributed by atoms with E-state index < -0.39 is 29.7 Å². The Hall–Kier alpha value is -3.95. The fraction of sp³-hybridized carbons (Fsp3) is 0.310. The normalized spacial score (nSPS) is 17.9. The zero-order valence-electron chi connectivity index (χ0n) is 32.7. The van der Waals surface area contributed by atoms with E-state index in [1.165, 1.54) is 6.33 Å². The summed E-state index contributed by atoms with van der Waals surface area (Å²) in [4.78, 5) is 36.8. The number of anilines is 1. The number of nitrogens with one attached hydrogen (secondary N) is 2. The van der Waals surface area contributed by atoms with Gasteiger partial charge in [0.1, 0.15) is 29.4 Å². The van der Waals surface area contributed by atoms with Gasteiger partial charge in [-0.1, -0.05) is 109 Å². The van der Waals surface area contributed by atoms with Crippen molar-refractivity contribution in [3.63, 3.8) is 0 Å². The third kappa shape index (κ3) is 9.83. The Morgan fingerprint density at radius 2 is 1.64 bits per heavy atom. The van der Waals surface area contributed by atoms with E-state index in [1.807, 2.05) is 78.9 Å². The first kappa shape index (κ1) is 43.1. The van der Waals surface area contributed by atoms with Crippen LogP contribution in [0.25, 0.3) is 11.2 Å². The molecule has 3 N–H and O–H groups in total. The van der Waals surface area contributed by atoms with Gasteiger partial charge in [0, 0.05) is 28.8 Å². The molecule has 4 atom stereocenters. The quantitative estimate of drug-likeness (QED) is 0.0594. The summed E-state index contributed by atoms with van der Waals surface area (Å²) in [6, 6.07) is 30.5. The van der Waals surface area contributed by atoms with Crippen LogP contribution in [0.5, 0.6) is 11.5 Å². The predicted molar refractivity (Wildman–Crippen MR) is 237 cm³/mol. The lowest BCUT2D eigenvalue weighted by atomic mass is 9.80. The van der Waals surface area contributed by atoms with Gasteiger partial charge >= 0.3 is 0 Å².